The van der Waals surface area contributed by atoms with Crippen LogP contribution < -0.4 is 9.47 Å². The molecule has 0 amide bonds. The maximum absolute atomic E-state index is 13.4. The molecule has 114 valence electrons. The lowest BCUT2D eigenvalue weighted by Gasteiger charge is -2.13. The molecule has 4 heteroatoms. The van der Waals surface area contributed by atoms with Crippen LogP contribution in [0.25, 0.3) is 17.0 Å². The van der Waals surface area contributed by atoms with Gasteiger partial charge in [0.2, 0.25) is 5.52 Å². The van der Waals surface area contributed by atoms with Crippen molar-refractivity contribution in [2.24, 2.45) is 7.05 Å². The van der Waals surface area contributed by atoms with Crippen LogP contribution in [0, 0.1) is 5.82 Å². The Morgan fingerprint density at radius 3 is 2.83 bits per heavy atom. The van der Waals surface area contributed by atoms with E-state index in [4.69, 9.17) is 0 Å². The third kappa shape index (κ3) is 2.39. The van der Waals surface area contributed by atoms with Crippen molar-refractivity contribution >= 4 is 34.4 Å². The van der Waals surface area contributed by atoms with E-state index in [-0.39, 0.29) is 5.82 Å². The number of thioether (sulfide) groups is 1. The summed E-state index contributed by atoms with van der Waals surface area (Å²) >= 11 is 1.61. The topological polar surface area (TPSA) is 7.12 Å². The Morgan fingerprint density at radius 1 is 1.13 bits per heavy atom. The van der Waals surface area contributed by atoms with Crippen molar-refractivity contribution < 1.29 is 8.96 Å². The summed E-state index contributed by atoms with van der Waals surface area (Å²) in [7, 11) is 4.07. The lowest BCUT2D eigenvalue weighted by Crippen LogP contribution is -2.28. The highest BCUT2D eigenvalue weighted by molar-refractivity contribution is 8.03. The number of rotatable bonds is 1. The van der Waals surface area contributed by atoms with E-state index in [1.165, 1.54) is 22.5 Å². The molecule has 3 aromatic rings. The largest absolute Gasteiger partial charge is 0.338 e. The van der Waals surface area contributed by atoms with Crippen molar-refractivity contribution in [1.82, 2.24) is 0 Å². The van der Waals surface area contributed by atoms with Gasteiger partial charge in [-0.15, -0.1) is 0 Å². The van der Waals surface area contributed by atoms with Gasteiger partial charge >= 0.3 is 0 Å². The monoisotopic (exact) mass is 323 g/mol. The Bertz CT molecular complexity index is 949. The number of aromatic nitrogens is 1. The number of hydrogen-bond acceptors (Lipinski definition) is 2. The lowest BCUT2D eigenvalue weighted by molar-refractivity contribution is -0.644. The molecule has 0 atom stereocenters. The number of pyridine rings is 1. The predicted molar refractivity (Wildman–Crippen MR) is 93.8 cm³/mol. The van der Waals surface area contributed by atoms with Crippen LogP contribution in [0.2, 0.25) is 0 Å². The molecule has 1 aromatic heterocycles. The van der Waals surface area contributed by atoms with Crippen molar-refractivity contribution in [1.29, 1.82) is 0 Å². The van der Waals surface area contributed by atoms with Crippen LogP contribution in [0.4, 0.5) is 10.1 Å². The van der Waals surface area contributed by atoms with Gasteiger partial charge in [0.15, 0.2) is 6.20 Å². The third-order valence-electron chi connectivity index (χ3n) is 4.18. The van der Waals surface area contributed by atoms with E-state index in [9.17, 15) is 4.39 Å². The summed E-state index contributed by atoms with van der Waals surface area (Å²) in [5.41, 5.74) is 3.41. The van der Waals surface area contributed by atoms with Crippen LogP contribution in [0.1, 0.15) is 5.56 Å². The van der Waals surface area contributed by atoms with Crippen LogP contribution in [-0.2, 0) is 7.05 Å². The first-order valence-corrected chi connectivity index (χ1v) is 8.25. The van der Waals surface area contributed by atoms with Crippen LogP contribution in [-0.4, -0.2) is 7.05 Å². The summed E-state index contributed by atoms with van der Waals surface area (Å²) in [5, 5.41) is 2.31. The number of anilines is 1. The van der Waals surface area contributed by atoms with Crippen molar-refractivity contribution in [3.63, 3.8) is 0 Å². The molecule has 0 spiro atoms. The van der Waals surface area contributed by atoms with E-state index >= 15 is 0 Å². The third-order valence-corrected chi connectivity index (χ3v) is 5.33. The highest BCUT2D eigenvalue weighted by Gasteiger charge is 2.22. The molecule has 1 aliphatic heterocycles. The molecule has 2 nitrogen and oxygen atoms in total. The molecule has 0 saturated carbocycles. The van der Waals surface area contributed by atoms with Crippen LogP contribution in [0.5, 0.6) is 0 Å². The number of para-hydroxylation sites is 1. The lowest BCUT2D eigenvalue weighted by atomic mass is 10.1. The number of nitrogens with zero attached hydrogens (tertiary/aromatic N) is 2. The van der Waals surface area contributed by atoms with Gasteiger partial charge in [-0.2, -0.15) is 0 Å². The Hall–Kier alpha value is -2.33. The summed E-state index contributed by atoms with van der Waals surface area (Å²) < 4.78 is 15.6. The van der Waals surface area contributed by atoms with E-state index in [1.54, 1.807) is 17.8 Å². The number of halogens is 1. The molecule has 0 aliphatic carbocycles. The standard InChI is InChI=1S/C19H16FN2S/c1-21-10-9-13(15-5-3-4-6-16(15)21)11-19-22(2)17-8-7-14(20)12-18(17)23-19/h3-12H,1-2H3/q+1. The average molecular weight is 323 g/mol. The van der Waals surface area contributed by atoms with Gasteiger partial charge in [0, 0.05) is 24.1 Å². The predicted octanol–water partition coefficient (Wildman–Crippen LogP) is 4.34. The van der Waals surface area contributed by atoms with Crippen molar-refractivity contribution in [3.8, 4) is 0 Å². The van der Waals surface area contributed by atoms with Gasteiger partial charge in [-0.3, -0.25) is 0 Å². The first-order chi connectivity index (χ1) is 11.1. The van der Waals surface area contributed by atoms with Gasteiger partial charge < -0.3 is 4.90 Å². The SMILES string of the molecule is CN1/C(=C/c2cc[n+](C)c3ccccc23)Sc2cc(F)ccc21. The normalized spacial score (nSPS) is 15.4. The molecule has 2 aromatic carbocycles. The molecule has 1 aliphatic rings. The summed E-state index contributed by atoms with van der Waals surface area (Å²) in [6.45, 7) is 0. The fraction of sp³-hybridized carbons (Fsp3) is 0.105. The molecule has 0 saturated heterocycles. The minimum absolute atomic E-state index is 0.192. The molecular weight excluding hydrogens is 307 g/mol. The molecule has 23 heavy (non-hydrogen) atoms. The Morgan fingerprint density at radius 2 is 1.96 bits per heavy atom. The van der Waals surface area contributed by atoms with Gasteiger partial charge in [0.05, 0.1) is 16.1 Å². The first-order valence-electron chi connectivity index (χ1n) is 7.44. The summed E-state index contributed by atoms with van der Waals surface area (Å²) in [6, 6.07) is 15.4. The van der Waals surface area contributed by atoms with Crippen LogP contribution >= 0.6 is 11.8 Å². The molecular formula is C19H16FN2S+. The fourth-order valence-electron chi connectivity index (χ4n) is 2.92. The number of fused-ring (bicyclic) bond motifs is 2. The van der Waals surface area contributed by atoms with Crippen molar-refractivity contribution in [3.05, 3.63) is 71.1 Å². The average Bonchev–Trinajstić information content (AvgIpc) is 2.86. The van der Waals surface area contributed by atoms with E-state index in [0.29, 0.717) is 0 Å². The zero-order chi connectivity index (χ0) is 16.0. The van der Waals surface area contributed by atoms with Crippen LogP contribution in [0.15, 0.2) is 64.7 Å². The Kier molecular flexibility index (Phi) is 3.34. The summed E-state index contributed by atoms with van der Waals surface area (Å²) in [4.78, 5) is 3.07. The van der Waals surface area contributed by atoms with Gasteiger partial charge in [0.25, 0.3) is 0 Å². The summed E-state index contributed by atoms with van der Waals surface area (Å²) in [5.74, 6) is -0.192. The second-order valence-electron chi connectivity index (χ2n) is 5.65. The van der Waals surface area contributed by atoms with E-state index in [2.05, 4.69) is 46.0 Å². The second kappa shape index (κ2) is 5.39. The Labute approximate surface area is 138 Å². The van der Waals surface area contributed by atoms with E-state index < -0.39 is 0 Å². The molecule has 0 unspecified atom stereocenters. The fourth-order valence-corrected chi connectivity index (χ4v) is 4.05. The smallest absolute Gasteiger partial charge is 0.212 e. The highest BCUT2D eigenvalue weighted by Crippen LogP contribution is 2.46. The minimum atomic E-state index is -0.192. The van der Waals surface area contributed by atoms with Gasteiger partial charge in [-0.25, -0.2) is 8.96 Å². The first kappa shape index (κ1) is 14.3. The molecule has 2 heterocycles. The van der Waals surface area contributed by atoms with Crippen LogP contribution in [0.3, 0.4) is 0 Å². The number of benzene rings is 2. The minimum Gasteiger partial charge on any atom is -0.338 e. The van der Waals surface area contributed by atoms with Crippen molar-refractivity contribution in [2.75, 3.05) is 11.9 Å². The highest BCUT2D eigenvalue weighted by atomic mass is 32.2. The van der Waals surface area contributed by atoms with Gasteiger partial charge in [-0.1, -0.05) is 23.9 Å². The maximum atomic E-state index is 13.4. The maximum Gasteiger partial charge on any atom is 0.212 e. The molecule has 0 fully saturated rings. The van der Waals surface area contributed by atoms with Crippen molar-refractivity contribution in [2.45, 2.75) is 4.90 Å². The second-order valence-corrected chi connectivity index (χ2v) is 6.72. The zero-order valence-electron chi connectivity index (χ0n) is 13.0. The number of aryl methyl sites for hydroxylation is 1. The molecule has 0 bridgehead atoms. The molecule has 0 N–H and O–H groups in total. The van der Waals surface area contributed by atoms with E-state index in [1.807, 2.05) is 26.2 Å². The zero-order valence-corrected chi connectivity index (χ0v) is 13.8. The van der Waals surface area contributed by atoms with Gasteiger partial charge in [0.1, 0.15) is 12.9 Å². The Balaban J connectivity index is 1.82. The summed E-state index contributed by atoms with van der Waals surface area (Å²) in [6.07, 6.45) is 4.24. The molecule has 0 radical (unpaired) electrons. The number of hydrogen-bond donors (Lipinski definition) is 0. The van der Waals surface area contributed by atoms with E-state index in [0.717, 1.165) is 15.6 Å². The van der Waals surface area contributed by atoms with Gasteiger partial charge in [-0.05, 0) is 35.9 Å². The molecule has 4 rings (SSSR count). The quantitative estimate of drug-likeness (QED) is 0.615.